The van der Waals surface area contributed by atoms with E-state index in [0.717, 1.165) is 0 Å². The molecule has 0 atom stereocenters. The van der Waals surface area contributed by atoms with E-state index in [0.29, 0.717) is 0 Å². The van der Waals surface area contributed by atoms with Crippen LogP contribution in [0, 0.1) is 0 Å². The number of halogens is 1. The zero-order chi connectivity index (χ0) is 4.50. The van der Waals surface area contributed by atoms with Gasteiger partial charge in [0.1, 0.15) is 7.38 Å². The van der Waals surface area contributed by atoms with E-state index in [1.54, 1.807) is 0 Å². The van der Waals surface area contributed by atoms with Gasteiger partial charge in [0.15, 0.2) is 0 Å². The molecule has 0 aliphatic rings. The molecule has 3 heteroatoms. The quantitative estimate of drug-likeness (QED) is 0.472. The molecule has 0 aromatic heterocycles. The van der Waals surface area contributed by atoms with E-state index in [2.05, 4.69) is 19.6 Å². The van der Waals surface area contributed by atoms with Crippen LogP contribution in [0.3, 0.4) is 0 Å². The molecule has 0 rings (SSSR count). The van der Waals surface area contributed by atoms with Gasteiger partial charge in [-0.3, -0.25) is 0 Å². The summed E-state index contributed by atoms with van der Waals surface area (Å²) in [7, 11) is -1.14. The summed E-state index contributed by atoms with van der Waals surface area (Å²) in [6.45, 7) is 6.28. The van der Waals surface area contributed by atoms with Gasteiger partial charge in [0.25, 0.3) is 0 Å². The van der Waals surface area contributed by atoms with Crippen molar-refractivity contribution in [2.75, 3.05) is 0 Å². The minimum absolute atomic E-state index is 0. The molecule has 0 aromatic rings. The molecule has 0 aliphatic carbocycles. The molecule has 0 heterocycles. The van der Waals surface area contributed by atoms with Gasteiger partial charge in [-0.05, 0) is 0 Å². The normalized spacial score (nSPS) is 10.0. The first-order valence-corrected chi connectivity index (χ1v) is 6.20. The Labute approximate surface area is 63.8 Å². The fourth-order valence-corrected chi connectivity index (χ4v) is 0. The summed E-state index contributed by atoms with van der Waals surface area (Å²) < 4.78 is 0. The third-order valence-corrected chi connectivity index (χ3v) is 0. The second-order valence-electron chi connectivity index (χ2n) is 2.07. The Bertz CT molecular complexity index is 26.3. The van der Waals surface area contributed by atoms with Gasteiger partial charge in [-0.25, -0.2) is 0 Å². The van der Waals surface area contributed by atoms with Gasteiger partial charge in [-0.1, -0.05) is 19.6 Å². The van der Waals surface area contributed by atoms with Crippen LogP contribution in [0.25, 0.3) is 0 Å². The first-order valence-electron chi connectivity index (χ1n) is 1.69. The fourth-order valence-electron chi connectivity index (χ4n) is 0. The Morgan fingerprint density at radius 1 is 1.17 bits per heavy atom. The Morgan fingerprint density at radius 3 is 1.17 bits per heavy atom. The first kappa shape index (κ1) is 10.4. The number of rotatable bonds is 0. The second-order valence-corrected chi connectivity index (χ2v) is 9.60. The molecule has 0 spiro atoms. The summed E-state index contributed by atoms with van der Waals surface area (Å²) in [6, 6.07) is 0. The van der Waals surface area contributed by atoms with Crippen molar-refractivity contribution in [3.05, 3.63) is 0 Å². The van der Waals surface area contributed by atoms with Gasteiger partial charge in [-0.15, -0.1) is 0 Å². The van der Waals surface area contributed by atoms with E-state index in [1.807, 2.05) is 0 Å². The van der Waals surface area contributed by atoms with Crippen LogP contribution in [0.4, 0.5) is 0 Å². The standard InChI is InChI=1S/C3H9ClSi.Hf/c1-5(2,3)4;/h1-3H3;. The molecule has 6 heavy (non-hydrogen) atoms. The maximum absolute atomic E-state index is 5.67. The SMILES string of the molecule is C[Si](C)(C)Cl.[Hf]. The molecular formula is C3H9ClHfSi. The van der Waals surface area contributed by atoms with Crippen LogP contribution >= 0.6 is 11.1 Å². The molecule has 0 fully saturated rings. The van der Waals surface area contributed by atoms with Crippen molar-refractivity contribution in [3.8, 4) is 0 Å². The summed E-state index contributed by atoms with van der Waals surface area (Å²) in [4.78, 5) is 0. The Hall–Kier alpha value is 1.38. The third-order valence-electron chi connectivity index (χ3n) is 0. The topological polar surface area (TPSA) is 0 Å². The van der Waals surface area contributed by atoms with Crippen molar-refractivity contribution in [2.45, 2.75) is 19.6 Å². The van der Waals surface area contributed by atoms with Crippen molar-refractivity contribution in [1.29, 1.82) is 0 Å². The molecule has 0 amide bonds. The van der Waals surface area contributed by atoms with Crippen LogP contribution < -0.4 is 0 Å². The number of hydrogen-bond donors (Lipinski definition) is 0. The van der Waals surface area contributed by atoms with Crippen LogP contribution in [-0.2, 0) is 25.8 Å². The van der Waals surface area contributed by atoms with Gasteiger partial charge >= 0.3 is 0 Å². The van der Waals surface area contributed by atoms with E-state index >= 15 is 0 Å². The maximum Gasteiger partial charge on any atom is 0.147 e. The van der Waals surface area contributed by atoms with Crippen LogP contribution in [0.15, 0.2) is 0 Å². The Morgan fingerprint density at radius 2 is 1.17 bits per heavy atom. The summed E-state index contributed by atoms with van der Waals surface area (Å²) in [5.74, 6) is 0. The van der Waals surface area contributed by atoms with Crippen LogP contribution in [-0.4, -0.2) is 7.38 Å². The summed E-state index contributed by atoms with van der Waals surface area (Å²) >= 11 is 5.67. The molecular weight excluding hydrogens is 278 g/mol. The van der Waals surface area contributed by atoms with E-state index in [9.17, 15) is 0 Å². The minimum Gasteiger partial charge on any atom is -0.168 e. The van der Waals surface area contributed by atoms with Gasteiger partial charge in [0.05, 0.1) is 0 Å². The predicted octanol–water partition coefficient (Wildman–Crippen LogP) is 2.06. The molecule has 0 unspecified atom stereocenters. The maximum atomic E-state index is 5.67. The predicted molar refractivity (Wildman–Crippen MR) is 29.2 cm³/mol. The van der Waals surface area contributed by atoms with Crippen LogP contribution in [0.1, 0.15) is 0 Å². The Kier molecular flexibility index (Phi) is 5.86. The molecule has 36 valence electrons. The molecule has 0 saturated carbocycles. The van der Waals surface area contributed by atoms with Crippen molar-refractivity contribution < 1.29 is 25.8 Å². The smallest absolute Gasteiger partial charge is 0.147 e. The average molecular weight is 287 g/mol. The van der Waals surface area contributed by atoms with Gasteiger partial charge < -0.3 is 0 Å². The average Bonchev–Trinajstić information content (AvgIpc) is 0.722. The molecule has 0 nitrogen and oxygen atoms in total. The summed E-state index contributed by atoms with van der Waals surface area (Å²) in [6.07, 6.45) is 0. The molecule has 0 aromatic carbocycles. The van der Waals surface area contributed by atoms with Crippen molar-refractivity contribution >= 4 is 18.5 Å². The first-order chi connectivity index (χ1) is 2.00. The number of hydrogen-bond acceptors (Lipinski definition) is 0. The van der Waals surface area contributed by atoms with Crippen LogP contribution in [0.5, 0.6) is 0 Å². The molecule has 0 saturated heterocycles. The second kappa shape index (κ2) is 3.39. The van der Waals surface area contributed by atoms with Gasteiger partial charge in [0.2, 0.25) is 0 Å². The van der Waals surface area contributed by atoms with E-state index < -0.39 is 7.38 Å². The van der Waals surface area contributed by atoms with Gasteiger partial charge in [0, 0.05) is 25.8 Å². The van der Waals surface area contributed by atoms with Crippen molar-refractivity contribution in [2.24, 2.45) is 0 Å². The molecule has 0 bridgehead atoms. The summed E-state index contributed by atoms with van der Waals surface area (Å²) in [5, 5.41) is 0. The molecule has 0 radical (unpaired) electrons. The zero-order valence-electron chi connectivity index (χ0n) is 4.38. The zero-order valence-corrected chi connectivity index (χ0v) is 9.73. The van der Waals surface area contributed by atoms with Crippen molar-refractivity contribution in [1.82, 2.24) is 0 Å². The molecule has 0 N–H and O–H groups in total. The van der Waals surface area contributed by atoms with E-state index in [1.165, 1.54) is 0 Å². The summed E-state index contributed by atoms with van der Waals surface area (Å²) in [5.41, 5.74) is 0. The molecule has 0 aliphatic heterocycles. The fraction of sp³-hybridized carbons (Fsp3) is 1.00. The van der Waals surface area contributed by atoms with E-state index in [4.69, 9.17) is 11.1 Å². The van der Waals surface area contributed by atoms with E-state index in [-0.39, 0.29) is 25.8 Å². The Balaban J connectivity index is 0. The monoisotopic (exact) mass is 288 g/mol. The third kappa shape index (κ3) is 54.3. The largest absolute Gasteiger partial charge is 0.168 e. The van der Waals surface area contributed by atoms with Crippen molar-refractivity contribution in [3.63, 3.8) is 0 Å². The van der Waals surface area contributed by atoms with Crippen LogP contribution in [0.2, 0.25) is 19.6 Å². The van der Waals surface area contributed by atoms with Gasteiger partial charge in [-0.2, -0.15) is 11.1 Å². The minimum atomic E-state index is -1.14.